The number of carbonyl (C=O) groups excluding carboxylic acids is 3. The van der Waals surface area contributed by atoms with Crippen LogP contribution in [0.2, 0.25) is 0 Å². The van der Waals surface area contributed by atoms with Crippen molar-refractivity contribution in [3.8, 4) is 0 Å². The average Bonchev–Trinajstić information content (AvgIpc) is 3.22. The highest BCUT2D eigenvalue weighted by atomic mass is 32.2. The third kappa shape index (κ3) is 8.03. The third-order valence-electron chi connectivity index (χ3n) is 9.27. The Bertz CT molecular complexity index is 1150. The molecule has 0 saturated carbocycles. The van der Waals surface area contributed by atoms with Crippen LogP contribution in [-0.4, -0.2) is 87.1 Å². The first kappa shape index (κ1) is 34.3. The van der Waals surface area contributed by atoms with Gasteiger partial charge in [-0.15, -0.1) is 0 Å². The summed E-state index contributed by atoms with van der Waals surface area (Å²) in [5, 5.41) is 22.6. The van der Waals surface area contributed by atoms with Crippen LogP contribution < -0.4 is 0 Å². The first-order chi connectivity index (χ1) is 19.6. The summed E-state index contributed by atoms with van der Waals surface area (Å²) in [5.41, 5.74) is -0.0996. The molecular weight excluding hydrogens is 560 g/mol. The molecule has 0 amide bonds. The number of ether oxygens (including phenoxy) is 2. The van der Waals surface area contributed by atoms with Gasteiger partial charge in [0.2, 0.25) is 0 Å². The van der Waals surface area contributed by atoms with E-state index in [0.29, 0.717) is 23.9 Å². The van der Waals surface area contributed by atoms with Crippen molar-refractivity contribution in [3.63, 3.8) is 0 Å². The number of ketones is 1. The van der Waals surface area contributed by atoms with Crippen molar-refractivity contribution in [1.82, 2.24) is 9.88 Å². The van der Waals surface area contributed by atoms with E-state index in [1.54, 1.807) is 27.0 Å². The van der Waals surface area contributed by atoms with Gasteiger partial charge in [-0.25, -0.2) is 4.98 Å². The van der Waals surface area contributed by atoms with E-state index in [4.69, 9.17) is 13.9 Å². The van der Waals surface area contributed by atoms with E-state index in [1.165, 1.54) is 18.7 Å². The second-order valence-corrected chi connectivity index (χ2v) is 13.5. The Morgan fingerprint density at radius 2 is 1.93 bits per heavy atom. The summed E-state index contributed by atoms with van der Waals surface area (Å²) in [5.74, 6) is -2.07. The number of hydrogen-bond donors (Lipinski definition) is 2. The lowest BCUT2D eigenvalue weighted by Gasteiger charge is -2.34. The lowest BCUT2D eigenvalue weighted by molar-refractivity contribution is -0.154. The number of nitrogens with zero attached hydrogens (tertiary/aromatic N) is 2. The maximum Gasteiger partial charge on any atom is 0.309 e. The molecule has 0 radical (unpaired) electrons. The Morgan fingerprint density at radius 1 is 1.24 bits per heavy atom. The molecule has 0 bridgehead atoms. The molecule has 0 aliphatic carbocycles. The Balaban J connectivity index is 1.94. The van der Waals surface area contributed by atoms with Crippen molar-refractivity contribution in [2.24, 2.45) is 17.3 Å². The topological polar surface area (TPSA) is 139 Å². The van der Waals surface area contributed by atoms with Gasteiger partial charge in [0, 0.05) is 37.4 Å². The van der Waals surface area contributed by atoms with Crippen LogP contribution >= 0.6 is 11.8 Å². The zero-order valence-electron chi connectivity index (χ0n) is 26.2. The fraction of sp³-hybridized carbons (Fsp3) is 0.742. The van der Waals surface area contributed by atoms with Crippen LogP contribution in [0.5, 0.6) is 0 Å². The van der Waals surface area contributed by atoms with Crippen molar-refractivity contribution in [2.75, 3.05) is 19.4 Å². The molecule has 1 aromatic rings. The van der Waals surface area contributed by atoms with Crippen LogP contribution in [0.1, 0.15) is 86.3 Å². The number of esters is 2. The first-order valence-electron chi connectivity index (χ1n) is 14.8. The second kappa shape index (κ2) is 14.1. The first-order valence-corrected chi connectivity index (χ1v) is 16.0. The van der Waals surface area contributed by atoms with Crippen molar-refractivity contribution < 1.29 is 38.5 Å². The summed E-state index contributed by atoms with van der Waals surface area (Å²) in [6, 6.07) is 0.0447. The van der Waals surface area contributed by atoms with Crippen molar-refractivity contribution in [1.29, 1.82) is 0 Å². The van der Waals surface area contributed by atoms with E-state index in [-0.39, 0.29) is 42.3 Å². The van der Waals surface area contributed by atoms with Crippen molar-refractivity contribution >= 4 is 35.6 Å². The smallest absolute Gasteiger partial charge is 0.309 e. The predicted molar refractivity (Wildman–Crippen MR) is 160 cm³/mol. The number of hydrogen-bond acceptors (Lipinski definition) is 11. The summed E-state index contributed by atoms with van der Waals surface area (Å²) < 4.78 is 16.7. The van der Waals surface area contributed by atoms with Crippen LogP contribution in [0.4, 0.5) is 0 Å². The molecule has 0 spiro atoms. The molecule has 10 nitrogen and oxygen atoms in total. The summed E-state index contributed by atoms with van der Waals surface area (Å²) in [7, 11) is 0. The van der Waals surface area contributed by atoms with Gasteiger partial charge in [-0.1, -0.05) is 45.9 Å². The van der Waals surface area contributed by atoms with Gasteiger partial charge in [0.05, 0.1) is 24.0 Å². The lowest BCUT2D eigenvalue weighted by Crippen LogP contribution is -2.45. The van der Waals surface area contributed by atoms with Gasteiger partial charge in [-0.3, -0.25) is 19.3 Å². The van der Waals surface area contributed by atoms with Crippen LogP contribution in [0.3, 0.4) is 0 Å². The number of oxazole rings is 1. The molecule has 1 unspecified atom stereocenters. The minimum atomic E-state index is -1.29. The molecule has 2 fully saturated rings. The number of carbonyl (C=O) groups is 3. The number of Topliss-reactive ketones (excluding diaryl/α,β-unsaturated/α-hetero) is 1. The highest BCUT2D eigenvalue weighted by Crippen LogP contribution is 2.48. The SMILES string of the molecule is CSc1nc(/C=C(\C)[C@@H]2C[C@@H]3N(CCOC(C)=O)[C@]3(C)CCC[C@H](C)[C@H](O)[C@@H](C)C(=O)C(C)(C)[C@@H](O)CC(=O)O2)co1. The highest BCUT2D eigenvalue weighted by molar-refractivity contribution is 7.98. The molecular formula is C31H48N2O8S. The Kier molecular flexibility index (Phi) is 11.5. The van der Waals surface area contributed by atoms with E-state index >= 15 is 0 Å². The standard InChI is InChI=1S/C31H48N2O8S/c1-18-10-9-11-31(7)24(33(31)12-13-39-21(4)34)15-23(19(2)14-22-17-40-29(32-22)42-8)41-26(36)16-25(35)30(5,6)28(38)20(3)27(18)37/h14,17-18,20,23-25,27,35,37H,9-13,15-16H2,1-8H3/b19-14+/t18-,20+,23-,24-,25-,27-,31+,33?/m0/s1. The molecule has 3 heterocycles. The number of rotatable bonds is 6. The monoisotopic (exact) mass is 608 g/mol. The molecule has 8 atom stereocenters. The van der Waals surface area contributed by atoms with Gasteiger partial charge in [-0.2, -0.15) is 0 Å². The van der Waals surface area contributed by atoms with Gasteiger partial charge >= 0.3 is 11.9 Å². The van der Waals surface area contributed by atoms with E-state index in [9.17, 15) is 24.6 Å². The number of aliphatic hydroxyl groups is 2. The molecule has 2 aliphatic heterocycles. The summed E-state index contributed by atoms with van der Waals surface area (Å²) in [6.45, 7) is 13.1. The van der Waals surface area contributed by atoms with Gasteiger partial charge in [0.15, 0.2) is 0 Å². The molecule has 11 heteroatoms. The molecule has 236 valence electrons. The molecule has 1 aromatic heterocycles. The van der Waals surface area contributed by atoms with E-state index < -0.39 is 35.6 Å². The van der Waals surface area contributed by atoms with Crippen LogP contribution in [-0.2, 0) is 23.9 Å². The fourth-order valence-electron chi connectivity index (χ4n) is 6.23. The highest BCUT2D eigenvalue weighted by Gasteiger charge is 2.58. The number of aromatic nitrogens is 1. The predicted octanol–water partition coefficient (Wildman–Crippen LogP) is 4.27. The molecule has 2 saturated heterocycles. The van der Waals surface area contributed by atoms with Crippen molar-refractivity contribution in [3.05, 3.63) is 17.5 Å². The van der Waals surface area contributed by atoms with Crippen molar-refractivity contribution in [2.45, 2.75) is 116 Å². The minimum absolute atomic E-state index is 0.0447. The fourth-order valence-corrected chi connectivity index (χ4v) is 6.57. The molecule has 2 aliphatic rings. The molecule has 2 N–H and O–H groups in total. The van der Waals surface area contributed by atoms with Crippen LogP contribution in [0.15, 0.2) is 21.5 Å². The van der Waals surface area contributed by atoms with Gasteiger partial charge < -0.3 is 24.1 Å². The maximum atomic E-state index is 13.4. The van der Waals surface area contributed by atoms with Gasteiger partial charge in [-0.05, 0) is 50.5 Å². The third-order valence-corrected chi connectivity index (χ3v) is 9.81. The zero-order chi connectivity index (χ0) is 31.4. The van der Waals surface area contributed by atoms with Gasteiger partial charge in [0.1, 0.15) is 30.5 Å². The minimum Gasteiger partial charge on any atom is -0.465 e. The molecule has 0 aromatic carbocycles. The van der Waals surface area contributed by atoms with E-state index in [0.717, 1.165) is 24.8 Å². The average molecular weight is 609 g/mol. The quantitative estimate of drug-likeness (QED) is 0.272. The summed E-state index contributed by atoms with van der Waals surface area (Å²) >= 11 is 1.39. The van der Waals surface area contributed by atoms with E-state index in [1.807, 2.05) is 26.2 Å². The normalized spacial score (nSPS) is 34.8. The van der Waals surface area contributed by atoms with Gasteiger partial charge in [0.25, 0.3) is 5.22 Å². The number of cyclic esters (lactones) is 1. The molecule has 3 rings (SSSR count). The molecule has 42 heavy (non-hydrogen) atoms. The van der Waals surface area contributed by atoms with Crippen LogP contribution in [0, 0.1) is 17.3 Å². The number of fused-ring (bicyclic) bond motifs is 1. The number of thioether (sulfide) groups is 1. The second-order valence-electron chi connectivity index (χ2n) is 12.7. The maximum absolute atomic E-state index is 13.4. The number of aliphatic hydroxyl groups excluding tert-OH is 2. The summed E-state index contributed by atoms with van der Waals surface area (Å²) in [6.07, 6.45) is 4.97. The zero-order valence-corrected chi connectivity index (χ0v) is 27.0. The van der Waals surface area contributed by atoms with E-state index in [2.05, 4.69) is 16.8 Å². The Hall–Kier alpha value is -2.21. The van der Waals surface area contributed by atoms with Crippen LogP contribution in [0.25, 0.3) is 6.08 Å². The lowest BCUT2D eigenvalue weighted by atomic mass is 9.73. The Morgan fingerprint density at radius 3 is 2.55 bits per heavy atom. The Labute approximate surface area is 253 Å². The largest absolute Gasteiger partial charge is 0.465 e. The summed E-state index contributed by atoms with van der Waals surface area (Å²) in [4.78, 5) is 44.8.